The van der Waals surface area contributed by atoms with Crippen molar-refractivity contribution in [3.05, 3.63) is 102 Å². The average molecular weight is 410 g/mol. The summed E-state index contributed by atoms with van der Waals surface area (Å²) in [4.78, 5) is 13.2. The lowest BCUT2D eigenvalue weighted by Crippen LogP contribution is -2.42. The minimum Gasteiger partial charge on any atom is -0.363 e. The SMILES string of the molecule is CN(C(=O)C(Cc1ccccc1)OCc1ccccc1)S(=O)(=O)c1ccccc1. The highest BCUT2D eigenvalue weighted by atomic mass is 32.2. The van der Waals surface area contributed by atoms with E-state index >= 15 is 0 Å². The van der Waals surface area contributed by atoms with Crippen LogP contribution in [0.3, 0.4) is 0 Å². The zero-order chi connectivity index (χ0) is 20.7. The van der Waals surface area contributed by atoms with Gasteiger partial charge >= 0.3 is 0 Å². The largest absolute Gasteiger partial charge is 0.363 e. The molecular formula is C23H23NO4S. The fourth-order valence-electron chi connectivity index (χ4n) is 2.89. The van der Waals surface area contributed by atoms with Crippen LogP contribution in [-0.4, -0.2) is 31.8 Å². The molecule has 29 heavy (non-hydrogen) atoms. The summed E-state index contributed by atoms with van der Waals surface area (Å²) in [6.45, 7) is 0.212. The number of carbonyl (C=O) groups is 1. The van der Waals surface area contributed by atoms with Crippen LogP contribution in [0.4, 0.5) is 0 Å². The van der Waals surface area contributed by atoms with E-state index in [9.17, 15) is 13.2 Å². The Morgan fingerprint density at radius 3 is 1.86 bits per heavy atom. The van der Waals surface area contributed by atoms with Gasteiger partial charge in [0.25, 0.3) is 15.9 Å². The van der Waals surface area contributed by atoms with Crippen LogP contribution in [0, 0.1) is 0 Å². The zero-order valence-electron chi connectivity index (χ0n) is 16.1. The van der Waals surface area contributed by atoms with Crippen molar-refractivity contribution in [2.45, 2.75) is 24.0 Å². The fourth-order valence-corrected chi connectivity index (χ4v) is 4.06. The molecule has 3 aromatic rings. The summed E-state index contributed by atoms with van der Waals surface area (Å²) < 4.78 is 32.4. The number of hydrogen-bond acceptors (Lipinski definition) is 4. The van der Waals surface area contributed by atoms with E-state index in [1.54, 1.807) is 18.2 Å². The van der Waals surface area contributed by atoms with Gasteiger partial charge in [0, 0.05) is 13.5 Å². The molecule has 0 saturated heterocycles. The smallest absolute Gasteiger partial charge is 0.266 e. The topological polar surface area (TPSA) is 63.7 Å². The Hall–Kier alpha value is -2.96. The van der Waals surface area contributed by atoms with Gasteiger partial charge in [-0.25, -0.2) is 12.7 Å². The molecule has 0 bridgehead atoms. The number of nitrogens with zero attached hydrogens (tertiary/aromatic N) is 1. The molecule has 0 heterocycles. The van der Waals surface area contributed by atoms with Crippen molar-refractivity contribution >= 4 is 15.9 Å². The lowest BCUT2D eigenvalue weighted by Gasteiger charge is -2.24. The van der Waals surface area contributed by atoms with Crippen LogP contribution in [0.1, 0.15) is 11.1 Å². The summed E-state index contributed by atoms with van der Waals surface area (Å²) in [7, 11) is -2.68. The third-order valence-corrected chi connectivity index (χ3v) is 6.31. The van der Waals surface area contributed by atoms with Crippen LogP contribution >= 0.6 is 0 Å². The van der Waals surface area contributed by atoms with E-state index < -0.39 is 22.0 Å². The number of sulfonamides is 1. The third-order valence-electron chi connectivity index (χ3n) is 4.55. The number of carbonyl (C=O) groups excluding carboxylic acids is 1. The van der Waals surface area contributed by atoms with E-state index in [4.69, 9.17) is 4.74 Å². The Labute approximate surface area is 171 Å². The number of hydrogen-bond donors (Lipinski definition) is 0. The van der Waals surface area contributed by atoms with E-state index in [-0.39, 0.29) is 17.9 Å². The lowest BCUT2D eigenvalue weighted by molar-refractivity contribution is -0.138. The van der Waals surface area contributed by atoms with Crippen LogP contribution in [0.15, 0.2) is 95.9 Å². The Bertz CT molecular complexity index is 1020. The molecule has 3 rings (SSSR count). The number of likely N-dealkylation sites (N-methyl/N-ethyl adjacent to an activating group) is 1. The minimum absolute atomic E-state index is 0.0670. The maximum atomic E-state index is 13.1. The van der Waals surface area contributed by atoms with Crippen molar-refractivity contribution in [1.29, 1.82) is 0 Å². The van der Waals surface area contributed by atoms with Crippen molar-refractivity contribution in [3.63, 3.8) is 0 Å². The van der Waals surface area contributed by atoms with Crippen molar-refractivity contribution in [2.24, 2.45) is 0 Å². The highest BCUT2D eigenvalue weighted by molar-refractivity contribution is 7.89. The molecule has 0 aromatic heterocycles. The van der Waals surface area contributed by atoms with E-state index in [0.29, 0.717) is 0 Å². The third kappa shape index (κ3) is 5.31. The summed E-state index contributed by atoms with van der Waals surface area (Å²) >= 11 is 0. The lowest BCUT2D eigenvalue weighted by atomic mass is 10.1. The zero-order valence-corrected chi connectivity index (χ0v) is 17.0. The number of amides is 1. The summed E-state index contributed by atoms with van der Waals surface area (Å²) in [5.74, 6) is -0.603. The molecule has 0 radical (unpaired) electrons. The molecule has 0 fully saturated rings. The van der Waals surface area contributed by atoms with Crippen LogP contribution in [0.2, 0.25) is 0 Å². The predicted molar refractivity (Wildman–Crippen MR) is 112 cm³/mol. The standard InChI is InChI=1S/C23H23NO4S/c1-24(29(26,27)21-15-9-4-10-16-21)23(25)22(17-19-11-5-2-6-12-19)28-18-20-13-7-3-8-14-20/h2-16,22H,17-18H2,1H3. The summed E-state index contributed by atoms with van der Waals surface area (Å²) in [5.41, 5.74) is 1.80. The van der Waals surface area contributed by atoms with E-state index in [1.807, 2.05) is 60.7 Å². The van der Waals surface area contributed by atoms with Crippen LogP contribution in [-0.2, 0) is 32.6 Å². The average Bonchev–Trinajstić information content (AvgIpc) is 2.77. The van der Waals surface area contributed by atoms with Gasteiger partial charge in [-0.15, -0.1) is 0 Å². The summed E-state index contributed by atoms with van der Waals surface area (Å²) in [5, 5.41) is 0. The van der Waals surface area contributed by atoms with Crippen molar-refractivity contribution in [3.8, 4) is 0 Å². The first-order chi connectivity index (χ1) is 14.0. The van der Waals surface area contributed by atoms with Gasteiger partial charge in [0.1, 0.15) is 6.10 Å². The molecule has 5 nitrogen and oxygen atoms in total. The first kappa shape index (κ1) is 20.8. The van der Waals surface area contributed by atoms with Gasteiger partial charge in [0.2, 0.25) is 0 Å². The van der Waals surface area contributed by atoms with Crippen molar-refractivity contribution in [1.82, 2.24) is 4.31 Å². The number of benzene rings is 3. The molecule has 6 heteroatoms. The number of rotatable bonds is 8. The molecule has 0 aliphatic heterocycles. The Kier molecular flexibility index (Phi) is 6.80. The first-order valence-electron chi connectivity index (χ1n) is 9.26. The molecule has 150 valence electrons. The van der Waals surface area contributed by atoms with E-state index in [1.165, 1.54) is 19.2 Å². The quantitative estimate of drug-likeness (QED) is 0.570. The van der Waals surface area contributed by atoms with Gasteiger partial charge in [0.05, 0.1) is 11.5 Å². The minimum atomic E-state index is -3.95. The van der Waals surface area contributed by atoms with Gasteiger partial charge in [0.15, 0.2) is 0 Å². The molecule has 0 N–H and O–H groups in total. The fraction of sp³-hybridized carbons (Fsp3) is 0.174. The molecule has 0 spiro atoms. The van der Waals surface area contributed by atoms with Crippen LogP contribution in [0.5, 0.6) is 0 Å². The molecule has 1 atom stereocenters. The maximum Gasteiger partial charge on any atom is 0.266 e. The number of ether oxygens (including phenoxy) is 1. The molecular weight excluding hydrogens is 386 g/mol. The molecule has 1 unspecified atom stereocenters. The first-order valence-corrected chi connectivity index (χ1v) is 10.7. The molecule has 0 aliphatic rings. The molecule has 1 amide bonds. The maximum absolute atomic E-state index is 13.1. The van der Waals surface area contributed by atoms with E-state index in [2.05, 4.69) is 0 Å². The summed E-state index contributed by atoms with van der Waals surface area (Å²) in [6.07, 6.45) is -0.651. The second kappa shape index (κ2) is 9.49. The highest BCUT2D eigenvalue weighted by Gasteiger charge is 2.31. The Morgan fingerprint density at radius 1 is 0.828 bits per heavy atom. The molecule has 0 aliphatic carbocycles. The second-order valence-corrected chi connectivity index (χ2v) is 8.57. The van der Waals surface area contributed by atoms with Gasteiger partial charge in [-0.3, -0.25) is 4.79 Å². The summed E-state index contributed by atoms with van der Waals surface area (Å²) in [6, 6.07) is 26.8. The van der Waals surface area contributed by atoms with E-state index in [0.717, 1.165) is 15.4 Å². The van der Waals surface area contributed by atoms with Crippen LogP contribution in [0.25, 0.3) is 0 Å². The predicted octanol–water partition coefficient (Wildman–Crippen LogP) is 3.66. The molecule has 0 saturated carbocycles. The van der Waals surface area contributed by atoms with Gasteiger partial charge in [-0.2, -0.15) is 0 Å². The van der Waals surface area contributed by atoms with Gasteiger partial charge in [-0.05, 0) is 23.3 Å². The molecule has 3 aromatic carbocycles. The van der Waals surface area contributed by atoms with Crippen molar-refractivity contribution < 1.29 is 17.9 Å². The monoisotopic (exact) mass is 409 g/mol. The van der Waals surface area contributed by atoms with Gasteiger partial charge < -0.3 is 4.74 Å². The Balaban J connectivity index is 1.82. The van der Waals surface area contributed by atoms with Gasteiger partial charge in [-0.1, -0.05) is 78.9 Å². The van der Waals surface area contributed by atoms with Crippen LogP contribution < -0.4 is 0 Å². The normalized spacial score (nSPS) is 12.3. The Morgan fingerprint density at radius 2 is 1.31 bits per heavy atom. The second-order valence-electron chi connectivity index (χ2n) is 6.60. The highest BCUT2D eigenvalue weighted by Crippen LogP contribution is 2.18. The van der Waals surface area contributed by atoms with Crippen molar-refractivity contribution in [2.75, 3.05) is 7.05 Å².